The number of carbonyl (C=O) groups excluding carboxylic acids is 4. The van der Waals surface area contributed by atoms with Crippen molar-refractivity contribution in [3.63, 3.8) is 0 Å². The number of aliphatic hydroxyl groups excluding tert-OH is 1. The number of benzene rings is 1. The van der Waals surface area contributed by atoms with Crippen LogP contribution >= 0.6 is 0 Å². The molecule has 3 rings (SSSR count). The maximum absolute atomic E-state index is 14.1. The summed E-state index contributed by atoms with van der Waals surface area (Å²) in [6.45, 7) is 6.96. The highest BCUT2D eigenvalue weighted by atomic mass is 16.6. The highest BCUT2D eigenvalue weighted by Crippen LogP contribution is 2.35. The molecule has 46 heavy (non-hydrogen) atoms. The van der Waals surface area contributed by atoms with Crippen molar-refractivity contribution < 1.29 is 43.2 Å². The molecule has 2 aliphatic rings. The zero-order chi connectivity index (χ0) is 34.1. The topological polar surface area (TPSA) is 163 Å². The van der Waals surface area contributed by atoms with Gasteiger partial charge in [0.25, 0.3) is 5.91 Å². The molecular formula is C35H44N2O9. The first-order valence-corrected chi connectivity index (χ1v) is 15.0. The van der Waals surface area contributed by atoms with Crippen molar-refractivity contribution in [3.05, 3.63) is 88.4 Å². The third-order valence-electron chi connectivity index (χ3n) is 8.17. The molecule has 0 saturated carbocycles. The van der Waals surface area contributed by atoms with Gasteiger partial charge < -0.3 is 35.1 Å². The number of methoxy groups -OCH3 is 3. The average molecular weight is 637 g/mol. The Hall–Kier alpha value is -4.32. The van der Waals surface area contributed by atoms with E-state index in [1.807, 2.05) is 6.92 Å². The number of nitrogens with one attached hydrogen (secondary N) is 1. The lowest BCUT2D eigenvalue weighted by Crippen LogP contribution is -2.37. The summed E-state index contributed by atoms with van der Waals surface area (Å²) in [5, 5.41) is 14.0. The van der Waals surface area contributed by atoms with Crippen LogP contribution in [0.5, 0.6) is 0 Å². The van der Waals surface area contributed by atoms with Crippen molar-refractivity contribution >= 4 is 29.1 Å². The number of Topliss-reactive ketones (excluding diaryl/α,β-unsaturated/α-hetero) is 2. The molecule has 1 aliphatic carbocycles. The van der Waals surface area contributed by atoms with Crippen LogP contribution in [-0.4, -0.2) is 74.4 Å². The van der Waals surface area contributed by atoms with E-state index in [-0.39, 0.29) is 40.5 Å². The minimum atomic E-state index is -1.01. The second-order valence-corrected chi connectivity index (χ2v) is 11.6. The Kier molecular flexibility index (Phi) is 12.8. The predicted molar refractivity (Wildman–Crippen MR) is 172 cm³/mol. The summed E-state index contributed by atoms with van der Waals surface area (Å²) >= 11 is 0. The first-order chi connectivity index (χ1) is 21.8. The van der Waals surface area contributed by atoms with Crippen molar-refractivity contribution in [2.24, 2.45) is 17.6 Å². The van der Waals surface area contributed by atoms with E-state index in [4.69, 9.17) is 24.7 Å². The fraction of sp³-hybridized carbons (Fsp3) is 0.429. The smallest absolute Gasteiger partial charge is 0.405 e. The predicted octanol–water partition coefficient (Wildman–Crippen LogP) is 3.94. The summed E-state index contributed by atoms with van der Waals surface area (Å²) in [7, 11) is 4.25. The summed E-state index contributed by atoms with van der Waals surface area (Å²) in [6.07, 6.45) is 2.46. The summed E-state index contributed by atoms with van der Waals surface area (Å²) in [5.74, 6) is -2.49. The SMILES string of the molecule is COC1=C2CC(C)CC(OC)C(O)C(C)C=C(C)C(OC(N)=O)C(OC)/C=C\C=C(/C)C(=O)NC(=C(c3ccccc3)C1=O)C2=O. The van der Waals surface area contributed by atoms with Crippen LogP contribution in [0.2, 0.25) is 0 Å². The molecule has 2 bridgehead atoms. The van der Waals surface area contributed by atoms with E-state index in [1.165, 1.54) is 27.4 Å². The fourth-order valence-electron chi connectivity index (χ4n) is 5.73. The third kappa shape index (κ3) is 8.48. The number of nitrogens with two attached hydrogens (primary N) is 1. The van der Waals surface area contributed by atoms with Gasteiger partial charge in [0.15, 0.2) is 11.9 Å². The molecule has 11 heteroatoms. The molecule has 6 unspecified atom stereocenters. The van der Waals surface area contributed by atoms with E-state index >= 15 is 0 Å². The number of primary amides is 1. The molecule has 0 radical (unpaired) electrons. The van der Waals surface area contributed by atoms with Crippen molar-refractivity contribution in [1.82, 2.24) is 5.32 Å². The molecule has 1 aromatic rings. The number of hydrogen-bond acceptors (Lipinski definition) is 9. The first kappa shape index (κ1) is 36.2. The van der Waals surface area contributed by atoms with Gasteiger partial charge in [-0.3, -0.25) is 14.4 Å². The lowest BCUT2D eigenvalue weighted by molar-refractivity contribution is -0.120. The van der Waals surface area contributed by atoms with Crippen LogP contribution in [0, 0.1) is 11.8 Å². The van der Waals surface area contributed by atoms with Gasteiger partial charge in [0.05, 0.1) is 24.9 Å². The largest absolute Gasteiger partial charge is 0.492 e. The molecule has 0 fully saturated rings. The van der Waals surface area contributed by atoms with Crippen LogP contribution in [0.1, 0.15) is 46.1 Å². The second kappa shape index (κ2) is 16.3. The Labute approximate surface area is 269 Å². The first-order valence-electron chi connectivity index (χ1n) is 15.0. The quantitative estimate of drug-likeness (QED) is 0.321. The Morgan fingerprint density at radius 1 is 1.00 bits per heavy atom. The van der Waals surface area contributed by atoms with E-state index in [0.717, 1.165) is 0 Å². The normalized spacial score (nSPS) is 29.0. The molecule has 0 aromatic heterocycles. The average Bonchev–Trinajstić information content (AvgIpc) is 3.02. The van der Waals surface area contributed by atoms with Crippen LogP contribution < -0.4 is 11.1 Å². The number of rotatable bonds is 5. The summed E-state index contributed by atoms with van der Waals surface area (Å²) in [5.41, 5.74) is 6.61. The molecular weight excluding hydrogens is 592 g/mol. The van der Waals surface area contributed by atoms with Crippen LogP contribution in [0.15, 0.2) is 82.8 Å². The molecule has 1 aliphatic heterocycles. The minimum Gasteiger partial charge on any atom is -0.492 e. The summed E-state index contributed by atoms with van der Waals surface area (Å²) < 4.78 is 22.2. The van der Waals surface area contributed by atoms with Crippen molar-refractivity contribution in [2.75, 3.05) is 21.3 Å². The monoisotopic (exact) mass is 636 g/mol. The maximum Gasteiger partial charge on any atom is 0.405 e. The minimum absolute atomic E-state index is 0.0212. The van der Waals surface area contributed by atoms with E-state index in [9.17, 15) is 24.3 Å². The number of aliphatic hydroxyl groups is 1. The molecule has 0 saturated heterocycles. The van der Waals surface area contributed by atoms with Gasteiger partial charge in [-0.05, 0) is 43.7 Å². The Morgan fingerprint density at radius 2 is 1.67 bits per heavy atom. The van der Waals surface area contributed by atoms with Gasteiger partial charge >= 0.3 is 6.09 Å². The zero-order valence-corrected chi connectivity index (χ0v) is 27.4. The molecule has 4 N–H and O–H groups in total. The van der Waals surface area contributed by atoms with Gasteiger partial charge in [0.2, 0.25) is 11.6 Å². The molecule has 0 spiro atoms. The van der Waals surface area contributed by atoms with Crippen molar-refractivity contribution in [3.8, 4) is 0 Å². The molecule has 11 nitrogen and oxygen atoms in total. The number of fused-ring (bicyclic) bond motifs is 2. The van der Waals surface area contributed by atoms with E-state index in [2.05, 4.69) is 5.32 Å². The molecule has 1 aromatic carbocycles. The number of hydrogen-bond donors (Lipinski definition) is 3. The number of ether oxygens (including phenoxy) is 4. The van der Waals surface area contributed by atoms with Gasteiger partial charge in [-0.15, -0.1) is 0 Å². The molecule has 1 heterocycles. The number of amides is 2. The van der Waals surface area contributed by atoms with Crippen LogP contribution in [0.4, 0.5) is 4.79 Å². The second-order valence-electron chi connectivity index (χ2n) is 11.6. The van der Waals surface area contributed by atoms with E-state index in [1.54, 1.807) is 69.3 Å². The van der Waals surface area contributed by atoms with E-state index in [0.29, 0.717) is 17.6 Å². The van der Waals surface area contributed by atoms with Crippen LogP contribution in [0.3, 0.4) is 0 Å². The lowest BCUT2D eigenvalue weighted by Gasteiger charge is -2.30. The van der Waals surface area contributed by atoms with Crippen molar-refractivity contribution in [1.29, 1.82) is 0 Å². The third-order valence-corrected chi connectivity index (χ3v) is 8.17. The fourth-order valence-corrected chi connectivity index (χ4v) is 5.73. The van der Waals surface area contributed by atoms with Gasteiger partial charge in [-0.2, -0.15) is 0 Å². The van der Waals surface area contributed by atoms with Gasteiger partial charge in [0.1, 0.15) is 11.8 Å². The highest BCUT2D eigenvalue weighted by molar-refractivity contribution is 6.39. The molecule has 248 valence electrons. The summed E-state index contributed by atoms with van der Waals surface area (Å²) in [6, 6.07) is 8.59. The number of carbonyl (C=O) groups is 4. The maximum atomic E-state index is 14.1. The number of allylic oxidation sites excluding steroid dienone is 4. The van der Waals surface area contributed by atoms with Crippen LogP contribution in [0.25, 0.3) is 5.57 Å². The van der Waals surface area contributed by atoms with Gasteiger partial charge in [-0.25, -0.2) is 4.79 Å². The molecule has 2 amide bonds. The Balaban J connectivity index is 2.20. The standard InChI is InChI=1S/C35H44N2O9/c1-19-16-24-30(39)28(27(31(40)33(24)45-7)23-13-9-8-10-14-23)37-34(41)20(2)12-11-15-25(43-5)32(46-35(36)42)22(4)18-21(3)29(38)26(17-19)44-6/h8-15,18-19,21,25-26,29,32,38H,16-17H2,1-7H3,(H2,36,42)(H,37,41)/b15-11-,20-12+,22-18?. The van der Waals surface area contributed by atoms with Crippen LogP contribution in [-0.2, 0) is 33.3 Å². The highest BCUT2D eigenvalue weighted by Gasteiger charge is 2.38. The molecule has 6 atom stereocenters. The van der Waals surface area contributed by atoms with E-state index < -0.39 is 53.9 Å². The van der Waals surface area contributed by atoms with Crippen molar-refractivity contribution in [2.45, 2.75) is 65.0 Å². The van der Waals surface area contributed by atoms with Gasteiger partial charge in [-0.1, -0.05) is 68.5 Å². The Bertz CT molecular complexity index is 1470. The number of ketones is 2. The lowest BCUT2D eigenvalue weighted by atomic mass is 9.82. The zero-order valence-electron chi connectivity index (χ0n) is 27.4. The van der Waals surface area contributed by atoms with Gasteiger partial charge in [0, 0.05) is 31.3 Å². The summed E-state index contributed by atoms with van der Waals surface area (Å²) in [4.78, 5) is 53.3. The Morgan fingerprint density at radius 3 is 2.26 bits per heavy atom.